The number of nitrogens with zero attached hydrogens (tertiary/aromatic N) is 1. The molecule has 36 heavy (non-hydrogen) atoms. The van der Waals surface area contributed by atoms with Crippen LogP contribution in [0.5, 0.6) is 0 Å². The van der Waals surface area contributed by atoms with E-state index in [2.05, 4.69) is 6.92 Å². The van der Waals surface area contributed by atoms with Gasteiger partial charge in [-0.3, -0.25) is 9.59 Å². The number of aliphatic hydroxyl groups excluding tert-OH is 1. The van der Waals surface area contributed by atoms with Crippen LogP contribution in [-0.2, 0) is 28.7 Å². The Labute approximate surface area is 207 Å². The van der Waals surface area contributed by atoms with Gasteiger partial charge in [0.2, 0.25) is 5.78 Å². The van der Waals surface area contributed by atoms with E-state index >= 15 is 0 Å². The van der Waals surface area contributed by atoms with Gasteiger partial charge < -0.3 is 25.0 Å². The first-order valence-electron chi connectivity index (χ1n) is 11.8. The van der Waals surface area contributed by atoms with E-state index in [0.29, 0.717) is 6.42 Å². The zero-order chi connectivity index (χ0) is 26.6. The molecule has 0 saturated carbocycles. The van der Waals surface area contributed by atoms with E-state index < -0.39 is 47.7 Å². The summed E-state index contributed by atoms with van der Waals surface area (Å²) in [7, 11) is 0. The third-order valence-corrected chi connectivity index (χ3v) is 6.42. The van der Waals surface area contributed by atoms with Crippen molar-refractivity contribution in [3.8, 4) is 0 Å². The Morgan fingerprint density at radius 1 is 1.11 bits per heavy atom. The average Bonchev–Trinajstić information content (AvgIpc) is 3.08. The summed E-state index contributed by atoms with van der Waals surface area (Å²) < 4.78 is 5.40. The van der Waals surface area contributed by atoms with Gasteiger partial charge in [0.15, 0.2) is 17.4 Å². The van der Waals surface area contributed by atoms with Crippen LogP contribution >= 0.6 is 0 Å². The minimum atomic E-state index is -1.76. The number of Topliss-reactive ketones (excluding diaryl/α,β-unsaturated/α-hetero) is 2. The van der Waals surface area contributed by atoms with Crippen molar-refractivity contribution in [1.82, 2.24) is 4.90 Å². The summed E-state index contributed by atoms with van der Waals surface area (Å²) in [5.41, 5.74) is -1.45. The standard InChI is InChI=1S/C26H29NO9/c1-3-4-5-6-7-8-20(29)22-18-12-15-11-16(9-10-21(30)31)27(19(14-28)24(33)34)13-17(15)23(32)26(18,2)36-25(22)35/h9-13,19,28H,3-8,14H2,1-2H3,(H,30,31)(H,33,34)/b10-9-. The molecule has 3 aliphatic rings. The molecule has 0 aromatic heterocycles. The van der Waals surface area contributed by atoms with Crippen molar-refractivity contribution in [3.05, 3.63) is 58.5 Å². The molecule has 0 bridgehead atoms. The number of hydrogen-bond acceptors (Lipinski definition) is 8. The SMILES string of the molecule is CCCCCCCC(=O)C1=C2C=C3C=C(/C=C\C(=O)O)N(C(CO)C(=O)O)C=C3C(=O)C2(C)OC1=O. The highest BCUT2D eigenvalue weighted by Gasteiger charge is 2.54. The predicted octanol–water partition coefficient (Wildman–Crippen LogP) is 2.21. The summed E-state index contributed by atoms with van der Waals surface area (Å²) in [5.74, 6) is -4.64. The van der Waals surface area contributed by atoms with E-state index in [4.69, 9.17) is 9.84 Å². The molecule has 3 rings (SSSR count). The molecule has 2 aliphatic heterocycles. The Bertz CT molecular complexity index is 1150. The van der Waals surface area contributed by atoms with E-state index in [1.807, 2.05) is 0 Å². The number of aliphatic carboxylic acids is 2. The zero-order valence-corrected chi connectivity index (χ0v) is 20.2. The molecule has 192 valence electrons. The summed E-state index contributed by atoms with van der Waals surface area (Å²) >= 11 is 0. The number of aliphatic hydroxyl groups is 1. The molecule has 0 aromatic carbocycles. The van der Waals surface area contributed by atoms with Gasteiger partial charge in [0.1, 0.15) is 5.57 Å². The van der Waals surface area contributed by atoms with Crippen molar-refractivity contribution >= 4 is 29.5 Å². The summed E-state index contributed by atoms with van der Waals surface area (Å²) in [6.45, 7) is 2.64. The Morgan fingerprint density at radius 2 is 1.81 bits per heavy atom. The molecule has 2 atom stereocenters. The van der Waals surface area contributed by atoms with Crippen LogP contribution in [-0.4, -0.2) is 67.9 Å². The highest BCUT2D eigenvalue weighted by Crippen LogP contribution is 2.44. The molecule has 0 spiro atoms. The molecular weight excluding hydrogens is 470 g/mol. The third-order valence-electron chi connectivity index (χ3n) is 6.42. The van der Waals surface area contributed by atoms with Gasteiger partial charge in [-0.15, -0.1) is 0 Å². The van der Waals surface area contributed by atoms with Gasteiger partial charge >= 0.3 is 17.9 Å². The van der Waals surface area contributed by atoms with Crippen LogP contribution in [0.4, 0.5) is 0 Å². The summed E-state index contributed by atoms with van der Waals surface area (Å²) in [4.78, 5) is 63.0. The van der Waals surface area contributed by atoms with Crippen LogP contribution in [0, 0.1) is 0 Å². The largest absolute Gasteiger partial charge is 0.480 e. The normalized spacial score (nSPS) is 22.0. The van der Waals surface area contributed by atoms with Crippen molar-refractivity contribution in [2.75, 3.05) is 6.61 Å². The van der Waals surface area contributed by atoms with E-state index in [1.54, 1.807) is 0 Å². The molecule has 1 aliphatic carbocycles. The molecule has 2 heterocycles. The van der Waals surface area contributed by atoms with E-state index in [-0.39, 0.29) is 34.4 Å². The van der Waals surface area contributed by atoms with Crippen molar-refractivity contribution in [2.45, 2.75) is 64.0 Å². The van der Waals surface area contributed by atoms with Gasteiger partial charge in [0.25, 0.3) is 0 Å². The van der Waals surface area contributed by atoms with Gasteiger partial charge in [0.05, 0.1) is 6.61 Å². The second-order valence-corrected chi connectivity index (χ2v) is 8.96. The van der Waals surface area contributed by atoms with Gasteiger partial charge in [-0.1, -0.05) is 32.6 Å². The quantitative estimate of drug-likeness (QED) is 0.157. The van der Waals surface area contributed by atoms with Crippen molar-refractivity contribution < 1.29 is 44.0 Å². The molecule has 2 unspecified atom stereocenters. The number of rotatable bonds is 12. The Balaban J connectivity index is 2.06. The van der Waals surface area contributed by atoms with Gasteiger partial charge in [0, 0.05) is 35.5 Å². The van der Waals surface area contributed by atoms with Gasteiger partial charge in [-0.05, 0) is 37.1 Å². The number of unbranched alkanes of at least 4 members (excludes halogenated alkanes) is 4. The van der Waals surface area contributed by atoms with Crippen molar-refractivity contribution in [2.24, 2.45) is 0 Å². The highest BCUT2D eigenvalue weighted by atomic mass is 16.6. The first kappa shape index (κ1) is 26.8. The lowest BCUT2D eigenvalue weighted by Gasteiger charge is -2.36. The molecular formula is C26H29NO9. The van der Waals surface area contributed by atoms with Crippen LogP contribution in [0.25, 0.3) is 0 Å². The van der Waals surface area contributed by atoms with Crippen molar-refractivity contribution in [1.29, 1.82) is 0 Å². The van der Waals surface area contributed by atoms with Gasteiger partial charge in [-0.25, -0.2) is 14.4 Å². The fourth-order valence-corrected chi connectivity index (χ4v) is 4.46. The fourth-order valence-electron chi connectivity index (χ4n) is 4.46. The first-order chi connectivity index (χ1) is 17.0. The summed E-state index contributed by atoms with van der Waals surface area (Å²) in [5, 5.41) is 28.2. The first-order valence-corrected chi connectivity index (χ1v) is 11.8. The lowest BCUT2D eigenvalue weighted by molar-refractivity contribution is -0.153. The predicted molar refractivity (Wildman–Crippen MR) is 126 cm³/mol. The summed E-state index contributed by atoms with van der Waals surface area (Å²) in [6.07, 6.45) is 10.6. The number of allylic oxidation sites excluding steroid dienone is 3. The van der Waals surface area contributed by atoms with Gasteiger partial charge in [-0.2, -0.15) is 0 Å². The number of carboxylic acid groups (broad SMARTS) is 2. The molecule has 0 fully saturated rings. The number of carbonyl (C=O) groups is 5. The van der Waals surface area contributed by atoms with Crippen LogP contribution in [0.15, 0.2) is 58.5 Å². The number of carbonyl (C=O) groups excluding carboxylic acids is 3. The topological polar surface area (TPSA) is 159 Å². The number of fused-ring (bicyclic) bond motifs is 2. The van der Waals surface area contributed by atoms with Crippen LogP contribution in [0.3, 0.4) is 0 Å². The molecule has 10 nitrogen and oxygen atoms in total. The molecule has 0 saturated heterocycles. The number of ether oxygens (including phenoxy) is 1. The van der Waals surface area contributed by atoms with E-state index in [1.165, 1.54) is 25.3 Å². The lowest BCUT2D eigenvalue weighted by Crippen LogP contribution is -2.45. The minimum absolute atomic E-state index is 0.00879. The van der Waals surface area contributed by atoms with Crippen LogP contribution in [0.1, 0.15) is 52.4 Å². The molecule has 0 amide bonds. The Kier molecular flexibility index (Phi) is 8.09. The minimum Gasteiger partial charge on any atom is -0.480 e. The van der Waals surface area contributed by atoms with E-state index in [9.17, 15) is 34.2 Å². The smallest absolute Gasteiger partial charge is 0.343 e. The number of carboxylic acids is 2. The number of esters is 1. The lowest BCUT2D eigenvalue weighted by atomic mass is 9.76. The zero-order valence-electron chi connectivity index (χ0n) is 20.2. The van der Waals surface area contributed by atoms with E-state index in [0.717, 1.165) is 42.7 Å². The molecule has 3 N–H and O–H groups in total. The average molecular weight is 500 g/mol. The second-order valence-electron chi connectivity index (χ2n) is 8.96. The fraction of sp³-hybridized carbons (Fsp3) is 0.423. The van der Waals surface area contributed by atoms with Crippen LogP contribution < -0.4 is 0 Å². The maximum absolute atomic E-state index is 13.5. The second kappa shape index (κ2) is 10.9. The third kappa shape index (κ3) is 5.08. The number of hydrogen-bond donors (Lipinski definition) is 3. The summed E-state index contributed by atoms with van der Waals surface area (Å²) in [6, 6.07) is -1.50. The monoisotopic (exact) mass is 499 g/mol. The molecule has 0 radical (unpaired) electrons. The van der Waals surface area contributed by atoms with Crippen molar-refractivity contribution in [3.63, 3.8) is 0 Å². The molecule has 10 heteroatoms. The molecule has 0 aromatic rings. The Hall–Kier alpha value is -3.79. The number of ketones is 2. The Morgan fingerprint density at radius 3 is 2.42 bits per heavy atom. The highest BCUT2D eigenvalue weighted by molar-refractivity contribution is 6.25. The maximum Gasteiger partial charge on any atom is 0.343 e. The maximum atomic E-state index is 13.5. The van der Waals surface area contributed by atoms with Crippen LogP contribution in [0.2, 0.25) is 0 Å².